The molecule has 12 nitrogen and oxygen atoms in total. The fourth-order valence-electron chi connectivity index (χ4n) is 7.97. The van der Waals surface area contributed by atoms with Gasteiger partial charge in [0, 0.05) is 24.5 Å². The van der Waals surface area contributed by atoms with Gasteiger partial charge in [0.15, 0.2) is 0 Å². The number of aromatic amines is 1. The van der Waals surface area contributed by atoms with Crippen LogP contribution in [0.4, 0.5) is 9.18 Å². The number of aliphatic hydroxyl groups excluding tert-OH is 1. The molecular weight excluding hydrogens is 732 g/mol. The maximum atomic E-state index is 15.7. The number of ether oxygens (including phenoxy) is 2. The standard InChI is InChI=1S/C44H47FN4O8/c45-40-32(11-4-5-20-46-24-37(51)33-14-16-36(50)42-34(33)15-17-39(52)47-42)30(12-13-35(40)43(53)54)26-56-31-10-6-9-29(23-31)41(28-7-2-1-3-8-28)48-44(55)57-38-25-49-21-18-27(38)19-22-49/h1-3,6-10,12-17,23,27,37-38,41,46,50-51H,4-5,11,18-22,24-26H2,(H,47,52)(H,48,55)(H,53,54). The minimum atomic E-state index is -1.36. The number of halogens is 1. The van der Waals surface area contributed by atoms with Crippen molar-refractivity contribution in [3.05, 3.63) is 141 Å². The fourth-order valence-corrected chi connectivity index (χ4v) is 7.97. The SMILES string of the molecule is O=C(NC(c1ccccc1)c1cccc(OCc2ccc(C(=O)O)c(F)c2CCCCNCC(O)c2ccc(O)c3[nH]c(=O)ccc23)c1)OC1CN2CCC1CC2. The topological polar surface area (TPSA) is 173 Å². The van der Waals surface area contributed by atoms with Gasteiger partial charge in [0.1, 0.15) is 30.0 Å². The molecule has 3 aliphatic rings. The smallest absolute Gasteiger partial charge is 0.408 e. The average molecular weight is 779 g/mol. The molecule has 3 saturated heterocycles. The van der Waals surface area contributed by atoms with Crippen LogP contribution in [0.3, 0.4) is 0 Å². The van der Waals surface area contributed by atoms with Crippen LogP contribution in [0, 0.1) is 11.7 Å². The Hall–Kier alpha value is -5.76. The highest BCUT2D eigenvalue weighted by Crippen LogP contribution is 2.32. The first-order valence-electron chi connectivity index (χ1n) is 19.4. The van der Waals surface area contributed by atoms with Gasteiger partial charge in [0.2, 0.25) is 5.56 Å². The first-order valence-corrected chi connectivity index (χ1v) is 19.4. The fraction of sp³-hybridized carbons (Fsp3) is 0.341. The number of aromatic nitrogens is 1. The summed E-state index contributed by atoms with van der Waals surface area (Å²) in [5.41, 5.74) is 2.42. The normalized spacial score (nSPS) is 18.5. The number of phenolic OH excluding ortho intramolecular Hbond substituents is 1. The van der Waals surface area contributed by atoms with Crippen LogP contribution >= 0.6 is 0 Å². The third-order valence-electron chi connectivity index (χ3n) is 11.0. The van der Waals surface area contributed by atoms with Crippen molar-refractivity contribution >= 4 is 23.0 Å². The number of nitrogens with one attached hydrogen (secondary N) is 3. The number of rotatable bonds is 16. The number of aromatic hydroxyl groups is 1. The number of hydrogen-bond acceptors (Lipinski definition) is 9. The summed E-state index contributed by atoms with van der Waals surface area (Å²) in [7, 11) is 0. The molecule has 0 aliphatic carbocycles. The van der Waals surface area contributed by atoms with Gasteiger partial charge in [-0.2, -0.15) is 0 Å². The summed E-state index contributed by atoms with van der Waals surface area (Å²) in [6.45, 7) is 3.51. The van der Waals surface area contributed by atoms with Crippen LogP contribution in [0.2, 0.25) is 0 Å². The number of carbonyl (C=O) groups excluding carboxylic acids is 1. The molecule has 57 heavy (non-hydrogen) atoms. The van der Waals surface area contributed by atoms with Crippen molar-refractivity contribution in [1.29, 1.82) is 0 Å². The third kappa shape index (κ3) is 9.45. The maximum Gasteiger partial charge on any atom is 0.408 e. The van der Waals surface area contributed by atoms with E-state index >= 15 is 4.39 Å². The zero-order valence-electron chi connectivity index (χ0n) is 31.5. The van der Waals surface area contributed by atoms with Crippen LogP contribution < -0.4 is 20.9 Å². The molecular formula is C44H47FN4O8. The van der Waals surface area contributed by atoms with Crippen molar-refractivity contribution < 1.29 is 38.8 Å². The molecule has 3 aliphatic heterocycles. The van der Waals surface area contributed by atoms with E-state index in [1.54, 1.807) is 24.3 Å². The predicted octanol–water partition coefficient (Wildman–Crippen LogP) is 6.21. The van der Waals surface area contributed by atoms with Crippen molar-refractivity contribution in [3.8, 4) is 11.5 Å². The molecule has 1 aromatic heterocycles. The molecule has 8 rings (SSSR count). The summed E-state index contributed by atoms with van der Waals surface area (Å²) in [6.07, 6.45) is 1.89. The van der Waals surface area contributed by atoms with Crippen LogP contribution in [0.25, 0.3) is 10.9 Å². The van der Waals surface area contributed by atoms with E-state index in [1.165, 1.54) is 18.2 Å². The molecule has 4 aromatic carbocycles. The molecule has 2 bridgehead atoms. The van der Waals surface area contributed by atoms with Crippen molar-refractivity contribution in [2.45, 2.75) is 57.0 Å². The Morgan fingerprint density at radius 1 is 0.947 bits per heavy atom. The molecule has 5 aromatic rings. The Labute approximate surface area is 329 Å². The van der Waals surface area contributed by atoms with Crippen LogP contribution in [-0.4, -0.2) is 76.1 Å². The predicted molar refractivity (Wildman–Crippen MR) is 212 cm³/mol. The van der Waals surface area contributed by atoms with Gasteiger partial charge < -0.3 is 40.4 Å². The lowest BCUT2D eigenvalue weighted by Crippen LogP contribution is -2.52. The summed E-state index contributed by atoms with van der Waals surface area (Å²) in [5.74, 6) is -1.39. The zero-order valence-corrected chi connectivity index (χ0v) is 31.5. The first kappa shape index (κ1) is 39.5. The molecule has 1 amide bonds. The molecule has 0 radical (unpaired) electrons. The van der Waals surface area contributed by atoms with E-state index in [1.807, 2.05) is 48.5 Å². The molecule has 3 unspecified atom stereocenters. The molecule has 0 spiro atoms. The minimum absolute atomic E-state index is 0.0169. The van der Waals surface area contributed by atoms with Crippen molar-refractivity contribution in [2.24, 2.45) is 5.92 Å². The third-order valence-corrected chi connectivity index (χ3v) is 11.0. The lowest BCUT2D eigenvalue weighted by Gasteiger charge is -2.43. The number of carbonyl (C=O) groups is 2. The first-order chi connectivity index (χ1) is 27.6. The number of H-pyrrole nitrogens is 1. The molecule has 298 valence electrons. The van der Waals surface area contributed by atoms with E-state index in [9.17, 15) is 29.7 Å². The molecule has 4 heterocycles. The van der Waals surface area contributed by atoms with Gasteiger partial charge >= 0.3 is 12.1 Å². The molecule has 3 fully saturated rings. The number of aromatic carboxylic acids is 1. The highest BCUT2D eigenvalue weighted by atomic mass is 19.1. The second-order valence-corrected chi connectivity index (χ2v) is 14.8. The summed E-state index contributed by atoms with van der Waals surface area (Å²) >= 11 is 0. The van der Waals surface area contributed by atoms with Gasteiger partial charge in [0.05, 0.1) is 23.2 Å². The van der Waals surface area contributed by atoms with E-state index in [4.69, 9.17) is 9.47 Å². The number of amides is 1. The number of aliphatic hydroxyl groups is 1. The number of carboxylic acids is 1. The lowest BCUT2D eigenvalue weighted by molar-refractivity contribution is -0.0336. The Bertz CT molecular complexity index is 2260. The monoisotopic (exact) mass is 778 g/mol. The lowest BCUT2D eigenvalue weighted by atomic mass is 9.86. The molecule has 0 saturated carbocycles. The number of unbranched alkanes of at least 4 members (excludes halogenated alkanes) is 1. The zero-order chi connectivity index (χ0) is 39.9. The number of hydrogen-bond donors (Lipinski definition) is 6. The largest absolute Gasteiger partial charge is 0.506 e. The Morgan fingerprint density at radius 2 is 1.74 bits per heavy atom. The summed E-state index contributed by atoms with van der Waals surface area (Å²) in [5, 5.41) is 37.5. The number of fused-ring (bicyclic) bond motifs is 4. The van der Waals surface area contributed by atoms with Gasteiger partial charge in [0.25, 0.3) is 0 Å². The number of alkyl carbamates (subject to hydrolysis) is 1. The van der Waals surface area contributed by atoms with E-state index in [-0.39, 0.29) is 48.1 Å². The summed E-state index contributed by atoms with van der Waals surface area (Å²) in [4.78, 5) is 41.8. The number of carboxylic acid groups (broad SMARTS) is 1. The number of phenols is 1. The van der Waals surface area contributed by atoms with E-state index < -0.39 is 35.6 Å². The molecule has 6 N–H and O–H groups in total. The van der Waals surface area contributed by atoms with Crippen molar-refractivity contribution in [2.75, 3.05) is 32.7 Å². The van der Waals surface area contributed by atoms with Gasteiger partial charge in [-0.15, -0.1) is 0 Å². The van der Waals surface area contributed by atoms with E-state index in [0.29, 0.717) is 47.6 Å². The summed E-state index contributed by atoms with van der Waals surface area (Å²) < 4.78 is 27.8. The van der Waals surface area contributed by atoms with Crippen molar-refractivity contribution in [1.82, 2.24) is 20.5 Å². The van der Waals surface area contributed by atoms with E-state index in [0.717, 1.165) is 43.6 Å². The Balaban J connectivity index is 0.978. The second-order valence-electron chi connectivity index (χ2n) is 14.8. The maximum absolute atomic E-state index is 15.7. The molecule has 13 heteroatoms. The number of pyridine rings is 1. The van der Waals surface area contributed by atoms with Crippen LogP contribution in [0.5, 0.6) is 11.5 Å². The average Bonchev–Trinajstić information content (AvgIpc) is 3.22. The van der Waals surface area contributed by atoms with Gasteiger partial charge in [-0.05, 0) is 116 Å². The number of nitrogens with zero attached hydrogens (tertiary/aromatic N) is 1. The highest BCUT2D eigenvalue weighted by molar-refractivity contribution is 5.88. The highest BCUT2D eigenvalue weighted by Gasteiger charge is 2.37. The quantitative estimate of drug-likeness (QED) is 0.0633. The summed E-state index contributed by atoms with van der Waals surface area (Å²) in [6, 6.07) is 25.1. The van der Waals surface area contributed by atoms with Crippen LogP contribution in [0.1, 0.15) is 76.0 Å². The van der Waals surface area contributed by atoms with Crippen molar-refractivity contribution in [3.63, 3.8) is 0 Å². The van der Waals surface area contributed by atoms with Gasteiger partial charge in [-0.25, -0.2) is 14.0 Å². The van der Waals surface area contributed by atoms with E-state index in [2.05, 4.69) is 20.5 Å². The molecule has 3 atom stereocenters. The number of benzene rings is 4. The Morgan fingerprint density at radius 3 is 2.49 bits per heavy atom. The minimum Gasteiger partial charge on any atom is -0.506 e. The van der Waals surface area contributed by atoms with Gasteiger partial charge in [-0.3, -0.25) is 9.69 Å². The number of piperidine rings is 3. The second kappa shape index (κ2) is 18.0. The van der Waals surface area contributed by atoms with Crippen LogP contribution in [-0.2, 0) is 17.8 Å². The van der Waals surface area contributed by atoms with Gasteiger partial charge in [-0.1, -0.05) is 54.6 Å². The van der Waals surface area contributed by atoms with Crippen LogP contribution in [0.15, 0.2) is 95.8 Å². The Kier molecular flexibility index (Phi) is 12.5.